The highest BCUT2D eigenvalue weighted by molar-refractivity contribution is 6.30. The molecular formula is C14H21ClN2. The largest absolute Gasteiger partial charge is 0.327 e. The number of hydrogen-bond acceptors (Lipinski definition) is 2. The predicted octanol–water partition coefficient (Wildman–Crippen LogP) is 2.90. The van der Waals surface area contributed by atoms with E-state index in [9.17, 15) is 0 Å². The van der Waals surface area contributed by atoms with Crippen molar-refractivity contribution in [3.8, 4) is 0 Å². The maximum Gasteiger partial charge on any atom is 0.0409 e. The van der Waals surface area contributed by atoms with E-state index >= 15 is 0 Å². The SMILES string of the molecule is CCC(N)C1CCN(Cc2cccc(Cl)c2)C1. The average Bonchev–Trinajstić information content (AvgIpc) is 2.76. The number of likely N-dealkylation sites (tertiary alicyclic amines) is 1. The van der Waals surface area contributed by atoms with Gasteiger partial charge in [-0.3, -0.25) is 4.90 Å². The molecule has 17 heavy (non-hydrogen) atoms. The summed E-state index contributed by atoms with van der Waals surface area (Å²) in [4.78, 5) is 2.48. The number of hydrogen-bond donors (Lipinski definition) is 1. The summed E-state index contributed by atoms with van der Waals surface area (Å²) in [5.74, 6) is 0.666. The van der Waals surface area contributed by atoms with Gasteiger partial charge in [0, 0.05) is 24.2 Å². The van der Waals surface area contributed by atoms with E-state index in [1.807, 2.05) is 12.1 Å². The van der Waals surface area contributed by atoms with Crippen LogP contribution in [0.15, 0.2) is 24.3 Å². The molecule has 1 aromatic rings. The Morgan fingerprint density at radius 1 is 1.53 bits per heavy atom. The molecule has 2 rings (SSSR count). The number of benzene rings is 1. The van der Waals surface area contributed by atoms with E-state index in [4.69, 9.17) is 17.3 Å². The van der Waals surface area contributed by atoms with Crippen LogP contribution < -0.4 is 5.73 Å². The quantitative estimate of drug-likeness (QED) is 0.893. The van der Waals surface area contributed by atoms with E-state index in [0.717, 1.165) is 31.1 Å². The van der Waals surface area contributed by atoms with Crippen LogP contribution in [0, 0.1) is 5.92 Å². The van der Waals surface area contributed by atoms with Gasteiger partial charge in [0.1, 0.15) is 0 Å². The van der Waals surface area contributed by atoms with Crippen molar-refractivity contribution >= 4 is 11.6 Å². The second-order valence-corrected chi connectivity index (χ2v) is 5.42. The molecule has 94 valence electrons. The Balaban J connectivity index is 1.89. The Morgan fingerprint density at radius 2 is 2.35 bits per heavy atom. The fourth-order valence-electron chi connectivity index (χ4n) is 2.58. The minimum absolute atomic E-state index is 0.361. The number of rotatable bonds is 4. The minimum atomic E-state index is 0.361. The first kappa shape index (κ1) is 12.9. The number of nitrogens with zero attached hydrogens (tertiary/aromatic N) is 1. The third-order valence-electron chi connectivity index (χ3n) is 3.68. The summed E-state index contributed by atoms with van der Waals surface area (Å²) in [7, 11) is 0. The molecule has 0 aliphatic carbocycles. The molecule has 1 aromatic carbocycles. The molecular weight excluding hydrogens is 232 g/mol. The van der Waals surface area contributed by atoms with Crippen LogP contribution in [-0.4, -0.2) is 24.0 Å². The molecule has 2 nitrogen and oxygen atoms in total. The lowest BCUT2D eigenvalue weighted by molar-refractivity contribution is 0.304. The molecule has 2 N–H and O–H groups in total. The topological polar surface area (TPSA) is 29.3 Å². The summed E-state index contributed by atoms with van der Waals surface area (Å²) < 4.78 is 0. The van der Waals surface area contributed by atoms with E-state index < -0.39 is 0 Å². The second-order valence-electron chi connectivity index (χ2n) is 4.99. The summed E-state index contributed by atoms with van der Waals surface area (Å²) >= 11 is 5.99. The summed E-state index contributed by atoms with van der Waals surface area (Å²) in [6, 6.07) is 8.49. The molecule has 0 radical (unpaired) electrons. The molecule has 0 amide bonds. The molecule has 0 aromatic heterocycles. The van der Waals surface area contributed by atoms with Gasteiger partial charge in [0.25, 0.3) is 0 Å². The van der Waals surface area contributed by atoms with Gasteiger partial charge in [0.2, 0.25) is 0 Å². The van der Waals surface area contributed by atoms with Crippen LogP contribution in [0.1, 0.15) is 25.3 Å². The Bertz CT molecular complexity index is 367. The van der Waals surface area contributed by atoms with Crippen LogP contribution in [0.25, 0.3) is 0 Å². The van der Waals surface area contributed by atoms with Crippen molar-refractivity contribution < 1.29 is 0 Å². The highest BCUT2D eigenvalue weighted by atomic mass is 35.5. The number of nitrogens with two attached hydrogens (primary N) is 1. The van der Waals surface area contributed by atoms with Crippen molar-refractivity contribution in [1.82, 2.24) is 4.90 Å². The highest BCUT2D eigenvalue weighted by Crippen LogP contribution is 2.22. The molecule has 0 bridgehead atoms. The Kier molecular flexibility index (Phi) is 4.43. The van der Waals surface area contributed by atoms with Crippen molar-refractivity contribution in [3.63, 3.8) is 0 Å². The molecule has 1 heterocycles. The minimum Gasteiger partial charge on any atom is -0.327 e. The molecule has 0 saturated carbocycles. The van der Waals surface area contributed by atoms with Crippen LogP contribution in [0.4, 0.5) is 0 Å². The predicted molar refractivity (Wildman–Crippen MR) is 73.1 cm³/mol. The molecule has 2 unspecified atom stereocenters. The standard InChI is InChI=1S/C14H21ClN2/c1-2-14(16)12-6-7-17(10-12)9-11-4-3-5-13(15)8-11/h3-5,8,12,14H,2,6-7,9-10,16H2,1H3. The zero-order chi connectivity index (χ0) is 12.3. The van der Waals surface area contributed by atoms with Crippen LogP contribution >= 0.6 is 11.6 Å². The third kappa shape index (κ3) is 3.44. The first-order chi connectivity index (χ1) is 8.19. The van der Waals surface area contributed by atoms with Gasteiger partial charge in [0.15, 0.2) is 0 Å². The van der Waals surface area contributed by atoms with E-state index in [2.05, 4.69) is 24.0 Å². The van der Waals surface area contributed by atoms with Crippen molar-refractivity contribution in [2.45, 2.75) is 32.4 Å². The lowest BCUT2D eigenvalue weighted by atomic mass is 9.98. The second kappa shape index (κ2) is 5.85. The van der Waals surface area contributed by atoms with Crippen LogP contribution in [0.2, 0.25) is 5.02 Å². The molecule has 2 atom stereocenters. The van der Waals surface area contributed by atoms with E-state index in [1.165, 1.54) is 12.0 Å². The zero-order valence-corrected chi connectivity index (χ0v) is 11.2. The lowest BCUT2D eigenvalue weighted by Crippen LogP contribution is -2.31. The van der Waals surface area contributed by atoms with Gasteiger partial charge in [-0.05, 0) is 43.0 Å². The molecule has 1 aliphatic rings. The lowest BCUT2D eigenvalue weighted by Gasteiger charge is -2.19. The monoisotopic (exact) mass is 252 g/mol. The van der Waals surface area contributed by atoms with Gasteiger partial charge in [-0.1, -0.05) is 30.7 Å². The van der Waals surface area contributed by atoms with Crippen LogP contribution in [0.3, 0.4) is 0 Å². The van der Waals surface area contributed by atoms with Gasteiger partial charge in [-0.15, -0.1) is 0 Å². The Morgan fingerprint density at radius 3 is 3.06 bits per heavy atom. The average molecular weight is 253 g/mol. The Labute approximate surface area is 109 Å². The van der Waals surface area contributed by atoms with E-state index in [-0.39, 0.29) is 0 Å². The summed E-state index contributed by atoms with van der Waals surface area (Å²) in [5, 5.41) is 0.823. The van der Waals surface area contributed by atoms with Gasteiger partial charge in [-0.2, -0.15) is 0 Å². The fourth-order valence-corrected chi connectivity index (χ4v) is 2.80. The van der Waals surface area contributed by atoms with E-state index in [0.29, 0.717) is 12.0 Å². The van der Waals surface area contributed by atoms with Gasteiger partial charge < -0.3 is 5.73 Å². The number of halogens is 1. The van der Waals surface area contributed by atoms with Crippen molar-refractivity contribution in [2.75, 3.05) is 13.1 Å². The third-order valence-corrected chi connectivity index (χ3v) is 3.92. The molecule has 1 fully saturated rings. The highest BCUT2D eigenvalue weighted by Gasteiger charge is 2.26. The van der Waals surface area contributed by atoms with Crippen LogP contribution in [0.5, 0.6) is 0 Å². The summed E-state index contributed by atoms with van der Waals surface area (Å²) in [6.07, 6.45) is 2.31. The van der Waals surface area contributed by atoms with Gasteiger partial charge in [0.05, 0.1) is 0 Å². The van der Waals surface area contributed by atoms with Crippen molar-refractivity contribution in [2.24, 2.45) is 11.7 Å². The maximum atomic E-state index is 6.11. The van der Waals surface area contributed by atoms with Crippen molar-refractivity contribution in [3.05, 3.63) is 34.9 Å². The summed E-state index contributed by atoms with van der Waals surface area (Å²) in [6.45, 7) is 5.45. The normalized spacial score (nSPS) is 22.9. The van der Waals surface area contributed by atoms with Gasteiger partial charge in [-0.25, -0.2) is 0 Å². The van der Waals surface area contributed by atoms with Crippen LogP contribution in [-0.2, 0) is 6.54 Å². The van der Waals surface area contributed by atoms with E-state index in [1.54, 1.807) is 0 Å². The smallest absolute Gasteiger partial charge is 0.0409 e. The maximum absolute atomic E-state index is 6.11. The zero-order valence-electron chi connectivity index (χ0n) is 10.4. The van der Waals surface area contributed by atoms with Gasteiger partial charge >= 0.3 is 0 Å². The molecule has 1 saturated heterocycles. The Hall–Kier alpha value is -0.570. The molecule has 3 heteroatoms. The first-order valence-electron chi connectivity index (χ1n) is 6.41. The fraction of sp³-hybridized carbons (Fsp3) is 0.571. The molecule has 1 aliphatic heterocycles. The first-order valence-corrected chi connectivity index (χ1v) is 6.79. The summed E-state index contributed by atoms with van der Waals surface area (Å²) in [5.41, 5.74) is 7.40. The molecule has 0 spiro atoms. The van der Waals surface area contributed by atoms with Crippen molar-refractivity contribution in [1.29, 1.82) is 0 Å².